The normalized spacial score (nSPS) is 26.4. The summed E-state index contributed by atoms with van der Waals surface area (Å²) in [6.45, 7) is 4.94. The summed E-state index contributed by atoms with van der Waals surface area (Å²) in [6.07, 6.45) is 5.03. The quantitative estimate of drug-likeness (QED) is 0.779. The Balaban J connectivity index is 1.80. The van der Waals surface area contributed by atoms with Gasteiger partial charge in [0.05, 0.1) is 12.2 Å². The summed E-state index contributed by atoms with van der Waals surface area (Å²) in [7, 11) is 1.79. The molecule has 2 fully saturated rings. The summed E-state index contributed by atoms with van der Waals surface area (Å²) >= 11 is 0. The Labute approximate surface area is 104 Å². The van der Waals surface area contributed by atoms with Gasteiger partial charge in [0, 0.05) is 32.8 Å². The summed E-state index contributed by atoms with van der Waals surface area (Å²) in [5, 5.41) is 12.8. The molecule has 0 aromatic carbocycles. The fourth-order valence-corrected chi connectivity index (χ4v) is 2.54. The van der Waals surface area contributed by atoms with Crippen molar-refractivity contribution in [2.75, 3.05) is 26.7 Å². The van der Waals surface area contributed by atoms with E-state index in [0.29, 0.717) is 12.1 Å². The van der Waals surface area contributed by atoms with E-state index in [0.717, 1.165) is 32.5 Å². The van der Waals surface area contributed by atoms with Crippen LogP contribution in [0.2, 0.25) is 0 Å². The second-order valence-corrected chi connectivity index (χ2v) is 5.57. The van der Waals surface area contributed by atoms with Crippen molar-refractivity contribution in [2.45, 2.75) is 50.3 Å². The van der Waals surface area contributed by atoms with Crippen LogP contribution in [0.1, 0.15) is 32.6 Å². The molecule has 0 aromatic rings. The van der Waals surface area contributed by atoms with Gasteiger partial charge in [0.25, 0.3) is 0 Å². The van der Waals surface area contributed by atoms with E-state index in [4.69, 9.17) is 4.74 Å². The molecule has 2 rings (SSSR count). The molecule has 17 heavy (non-hydrogen) atoms. The number of hydrogen-bond donors (Lipinski definition) is 1. The molecule has 4 nitrogen and oxygen atoms in total. The van der Waals surface area contributed by atoms with E-state index < -0.39 is 0 Å². The number of nitrogens with zero attached hydrogens (tertiary/aromatic N) is 2. The van der Waals surface area contributed by atoms with Gasteiger partial charge in [-0.15, -0.1) is 0 Å². The van der Waals surface area contributed by atoms with Crippen molar-refractivity contribution in [3.8, 4) is 6.07 Å². The molecule has 0 aromatic heterocycles. The van der Waals surface area contributed by atoms with Crippen LogP contribution in [0.3, 0.4) is 0 Å². The molecule has 1 saturated heterocycles. The van der Waals surface area contributed by atoms with E-state index in [1.54, 1.807) is 7.11 Å². The van der Waals surface area contributed by atoms with Crippen LogP contribution in [-0.4, -0.2) is 49.3 Å². The van der Waals surface area contributed by atoms with Gasteiger partial charge in [0.1, 0.15) is 5.54 Å². The van der Waals surface area contributed by atoms with E-state index in [-0.39, 0.29) is 5.54 Å². The third-order valence-electron chi connectivity index (χ3n) is 3.75. The lowest BCUT2D eigenvalue weighted by atomic mass is 10.0. The van der Waals surface area contributed by atoms with Crippen LogP contribution in [0.25, 0.3) is 0 Å². The van der Waals surface area contributed by atoms with Crippen LogP contribution in [0.5, 0.6) is 0 Å². The zero-order valence-corrected chi connectivity index (χ0v) is 10.9. The molecule has 1 aliphatic heterocycles. The number of likely N-dealkylation sites (tertiary alicyclic amines) is 1. The Bertz CT molecular complexity index is 290. The number of nitrogens with one attached hydrogen (secondary N) is 1. The summed E-state index contributed by atoms with van der Waals surface area (Å²) in [5.74, 6) is 0. The first-order valence-corrected chi connectivity index (χ1v) is 6.59. The van der Waals surface area contributed by atoms with Gasteiger partial charge in [-0.05, 0) is 32.6 Å². The first-order chi connectivity index (χ1) is 8.15. The highest BCUT2D eigenvalue weighted by atomic mass is 16.5. The average Bonchev–Trinajstić information content (AvgIpc) is 3.14. The van der Waals surface area contributed by atoms with Gasteiger partial charge < -0.3 is 9.64 Å². The minimum atomic E-state index is -0.388. The van der Waals surface area contributed by atoms with Crippen LogP contribution in [0.15, 0.2) is 0 Å². The molecule has 1 N–H and O–H groups in total. The van der Waals surface area contributed by atoms with Gasteiger partial charge >= 0.3 is 0 Å². The van der Waals surface area contributed by atoms with Crippen LogP contribution < -0.4 is 5.32 Å². The molecule has 0 spiro atoms. The second-order valence-electron chi connectivity index (χ2n) is 5.57. The smallest absolute Gasteiger partial charge is 0.116 e. The summed E-state index contributed by atoms with van der Waals surface area (Å²) in [4.78, 5) is 2.38. The van der Waals surface area contributed by atoms with Crippen LogP contribution in [-0.2, 0) is 4.74 Å². The van der Waals surface area contributed by atoms with Crippen molar-refractivity contribution in [1.29, 1.82) is 5.26 Å². The molecule has 1 atom stereocenters. The summed E-state index contributed by atoms with van der Waals surface area (Å²) in [5.41, 5.74) is -0.388. The minimum absolute atomic E-state index is 0.388. The van der Waals surface area contributed by atoms with Crippen molar-refractivity contribution in [2.24, 2.45) is 0 Å². The SMILES string of the molecule is COC1CCN(CC(C)(C#N)NC2CC2)CC1. The number of piperidine rings is 1. The monoisotopic (exact) mass is 237 g/mol. The lowest BCUT2D eigenvalue weighted by Gasteiger charge is -2.36. The van der Waals surface area contributed by atoms with Gasteiger partial charge in [-0.1, -0.05) is 0 Å². The molecule has 1 unspecified atom stereocenters. The van der Waals surface area contributed by atoms with E-state index in [1.165, 1.54) is 12.8 Å². The fourth-order valence-electron chi connectivity index (χ4n) is 2.54. The van der Waals surface area contributed by atoms with Gasteiger partial charge in [-0.3, -0.25) is 5.32 Å². The maximum Gasteiger partial charge on any atom is 0.116 e. The van der Waals surface area contributed by atoms with Crippen molar-refractivity contribution in [3.05, 3.63) is 0 Å². The standard InChI is InChI=1S/C13H23N3O/c1-13(9-14,15-11-3-4-11)10-16-7-5-12(17-2)6-8-16/h11-12,15H,3-8,10H2,1-2H3. The summed E-state index contributed by atoms with van der Waals surface area (Å²) in [6, 6.07) is 3.02. The molecule has 4 heteroatoms. The number of ether oxygens (including phenoxy) is 1. The average molecular weight is 237 g/mol. The molecule has 0 radical (unpaired) electrons. The Morgan fingerprint density at radius 3 is 2.47 bits per heavy atom. The number of methoxy groups -OCH3 is 1. The molecule has 96 valence electrons. The molecular formula is C13H23N3O. The predicted molar refractivity (Wildman–Crippen MR) is 66.6 cm³/mol. The lowest BCUT2D eigenvalue weighted by Crippen LogP contribution is -2.53. The third kappa shape index (κ3) is 3.67. The molecular weight excluding hydrogens is 214 g/mol. The van der Waals surface area contributed by atoms with Crippen LogP contribution in [0.4, 0.5) is 0 Å². The van der Waals surface area contributed by atoms with E-state index in [1.807, 2.05) is 6.92 Å². The zero-order chi connectivity index (χ0) is 12.3. The van der Waals surface area contributed by atoms with Crippen molar-refractivity contribution in [1.82, 2.24) is 10.2 Å². The molecule has 0 amide bonds. The third-order valence-corrected chi connectivity index (χ3v) is 3.75. The number of rotatable bonds is 5. The highest BCUT2D eigenvalue weighted by Gasteiger charge is 2.34. The Morgan fingerprint density at radius 2 is 2.00 bits per heavy atom. The maximum atomic E-state index is 9.33. The predicted octanol–water partition coefficient (Wildman–Crippen LogP) is 1.13. The van der Waals surface area contributed by atoms with Gasteiger partial charge in [0.15, 0.2) is 0 Å². The first kappa shape index (κ1) is 12.8. The van der Waals surface area contributed by atoms with Gasteiger partial charge in [0.2, 0.25) is 0 Å². The van der Waals surface area contributed by atoms with E-state index in [9.17, 15) is 5.26 Å². The Morgan fingerprint density at radius 1 is 1.35 bits per heavy atom. The lowest BCUT2D eigenvalue weighted by molar-refractivity contribution is 0.0360. The first-order valence-electron chi connectivity index (χ1n) is 6.59. The number of nitriles is 1. The van der Waals surface area contributed by atoms with Crippen LogP contribution >= 0.6 is 0 Å². The van der Waals surface area contributed by atoms with Crippen molar-refractivity contribution < 1.29 is 4.74 Å². The Hall–Kier alpha value is -0.630. The summed E-state index contributed by atoms with van der Waals surface area (Å²) < 4.78 is 5.36. The number of hydrogen-bond acceptors (Lipinski definition) is 4. The zero-order valence-electron chi connectivity index (χ0n) is 10.9. The molecule has 1 aliphatic carbocycles. The van der Waals surface area contributed by atoms with E-state index >= 15 is 0 Å². The van der Waals surface area contributed by atoms with Crippen molar-refractivity contribution in [3.63, 3.8) is 0 Å². The van der Waals surface area contributed by atoms with E-state index in [2.05, 4.69) is 16.3 Å². The van der Waals surface area contributed by atoms with Crippen LogP contribution in [0, 0.1) is 11.3 Å². The van der Waals surface area contributed by atoms with Crippen molar-refractivity contribution >= 4 is 0 Å². The molecule has 1 heterocycles. The second kappa shape index (κ2) is 5.34. The maximum absolute atomic E-state index is 9.33. The highest BCUT2D eigenvalue weighted by molar-refractivity contribution is 5.09. The topological polar surface area (TPSA) is 48.3 Å². The molecule has 0 bridgehead atoms. The van der Waals surface area contributed by atoms with Gasteiger partial charge in [-0.25, -0.2) is 0 Å². The molecule has 2 aliphatic rings. The Kier molecular flexibility index (Phi) is 4.03. The minimum Gasteiger partial charge on any atom is -0.381 e. The van der Waals surface area contributed by atoms with Gasteiger partial charge in [-0.2, -0.15) is 5.26 Å². The highest BCUT2D eigenvalue weighted by Crippen LogP contribution is 2.23. The fraction of sp³-hybridized carbons (Fsp3) is 0.923. The molecule has 1 saturated carbocycles. The largest absolute Gasteiger partial charge is 0.381 e.